The molecule has 0 N–H and O–H groups in total. The molecule has 1 nitrogen and oxygen atoms in total. The monoisotopic (exact) mass is 194 g/mol. The number of rotatable bonds is 2. The second kappa shape index (κ2) is 2.63. The van der Waals surface area contributed by atoms with Gasteiger partial charge in [0.25, 0.3) is 0 Å². The highest BCUT2D eigenvalue weighted by molar-refractivity contribution is 6.49. The van der Waals surface area contributed by atoms with E-state index in [0.29, 0.717) is 19.3 Å². The van der Waals surface area contributed by atoms with E-state index in [2.05, 4.69) is 0 Å². The molecule has 1 fully saturated rings. The van der Waals surface area contributed by atoms with Crippen molar-refractivity contribution in [1.82, 2.24) is 0 Å². The second-order valence-electron chi connectivity index (χ2n) is 3.55. The normalized spacial score (nSPS) is 25.8. The predicted molar refractivity (Wildman–Crippen MR) is 47.1 cm³/mol. The van der Waals surface area contributed by atoms with Gasteiger partial charge in [-0.25, -0.2) is 0 Å². The molecule has 0 aromatic rings. The molecule has 0 aromatic carbocycles. The van der Waals surface area contributed by atoms with Crippen LogP contribution in [0.5, 0.6) is 0 Å². The summed E-state index contributed by atoms with van der Waals surface area (Å²) in [6, 6.07) is 0. The summed E-state index contributed by atoms with van der Waals surface area (Å²) in [6.45, 7) is 3.80. The molecular weight excluding hydrogens is 183 g/mol. The highest BCUT2D eigenvalue weighted by Crippen LogP contribution is 2.55. The van der Waals surface area contributed by atoms with E-state index in [0.717, 1.165) is 0 Å². The maximum Gasteiger partial charge on any atom is 0.138 e. The van der Waals surface area contributed by atoms with Crippen molar-refractivity contribution in [2.75, 3.05) is 0 Å². The SMILES string of the molecule is CCC(=O)C1(C)CC(Cl)(Cl)C1. The minimum absolute atomic E-state index is 0.238. The number of alkyl halides is 2. The lowest BCUT2D eigenvalue weighted by Gasteiger charge is -2.46. The van der Waals surface area contributed by atoms with Crippen LogP contribution in [-0.2, 0) is 4.79 Å². The second-order valence-corrected chi connectivity index (χ2v) is 5.19. The number of halogens is 2. The topological polar surface area (TPSA) is 17.1 Å². The molecule has 0 amide bonds. The standard InChI is InChI=1S/C8H12Cl2O/c1-3-6(11)7(2)4-8(9,10)5-7/h3-5H2,1-2H3. The first-order chi connectivity index (χ1) is 4.90. The van der Waals surface area contributed by atoms with Crippen LogP contribution in [0.4, 0.5) is 0 Å². The van der Waals surface area contributed by atoms with Crippen molar-refractivity contribution < 1.29 is 4.79 Å². The Labute approximate surface area is 77.1 Å². The minimum atomic E-state index is -0.639. The van der Waals surface area contributed by atoms with Crippen molar-refractivity contribution in [3.8, 4) is 0 Å². The highest BCUT2D eigenvalue weighted by atomic mass is 35.5. The van der Waals surface area contributed by atoms with Crippen LogP contribution in [0.2, 0.25) is 0 Å². The molecule has 0 aromatic heterocycles. The number of Topliss-reactive ketones (excluding diaryl/α,β-unsaturated/α-hetero) is 1. The summed E-state index contributed by atoms with van der Waals surface area (Å²) >= 11 is 11.6. The zero-order valence-electron chi connectivity index (χ0n) is 6.79. The molecule has 0 atom stereocenters. The largest absolute Gasteiger partial charge is 0.299 e. The van der Waals surface area contributed by atoms with E-state index in [1.54, 1.807) is 0 Å². The van der Waals surface area contributed by atoms with E-state index in [4.69, 9.17) is 23.2 Å². The zero-order chi connectivity index (χ0) is 8.70. The average molecular weight is 195 g/mol. The van der Waals surface area contributed by atoms with Gasteiger partial charge in [-0.3, -0.25) is 4.79 Å². The molecule has 0 heterocycles. The Kier molecular flexibility index (Phi) is 2.24. The van der Waals surface area contributed by atoms with Crippen LogP contribution in [-0.4, -0.2) is 10.1 Å². The van der Waals surface area contributed by atoms with Crippen LogP contribution in [0.3, 0.4) is 0 Å². The number of carbonyl (C=O) groups is 1. The molecule has 1 rings (SSSR count). The third-order valence-corrected chi connectivity index (χ3v) is 2.83. The summed E-state index contributed by atoms with van der Waals surface area (Å²) in [6.07, 6.45) is 1.80. The van der Waals surface area contributed by atoms with Crippen molar-refractivity contribution in [1.29, 1.82) is 0 Å². The summed E-state index contributed by atoms with van der Waals surface area (Å²) in [5, 5.41) is 0. The first kappa shape index (κ1) is 9.34. The average Bonchev–Trinajstić information content (AvgIpc) is 1.81. The van der Waals surface area contributed by atoms with Crippen molar-refractivity contribution >= 4 is 29.0 Å². The van der Waals surface area contributed by atoms with Crippen LogP contribution >= 0.6 is 23.2 Å². The summed E-state index contributed by atoms with van der Waals surface area (Å²) in [5.74, 6) is 0.273. The number of hydrogen-bond donors (Lipinski definition) is 0. The van der Waals surface area contributed by atoms with Gasteiger partial charge in [-0.15, -0.1) is 23.2 Å². The molecule has 11 heavy (non-hydrogen) atoms. The number of carbonyl (C=O) groups excluding carboxylic acids is 1. The van der Waals surface area contributed by atoms with E-state index in [-0.39, 0.29) is 11.2 Å². The molecule has 1 aliphatic carbocycles. The van der Waals surface area contributed by atoms with Crippen LogP contribution < -0.4 is 0 Å². The third kappa shape index (κ3) is 1.70. The Morgan fingerprint density at radius 3 is 2.18 bits per heavy atom. The van der Waals surface area contributed by atoms with Gasteiger partial charge in [-0.05, 0) is 12.8 Å². The smallest absolute Gasteiger partial charge is 0.138 e. The van der Waals surface area contributed by atoms with Crippen LogP contribution in [0.1, 0.15) is 33.1 Å². The molecule has 0 radical (unpaired) electrons. The molecule has 0 aliphatic heterocycles. The molecule has 3 heteroatoms. The lowest BCUT2D eigenvalue weighted by molar-refractivity contribution is -0.132. The predicted octanol–water partition coefficient (Wildman–Crippen LogP) is 2.94. The van der Waals surface area contributed by atoms with Crippen molar-refractivity contribution in [2.24, 2.45) is 5.41 Å². The molecule has 0 unspecified atom stereocenters. The van der Waals surface area contributed by atoms with Crippen molar-refractivity contribution in [3.05, 3.63) is 0 Å². The van der Waals surface area contributed by atoms with Gasteiger partial charge < -0.3 is 0 Å². The van der Waals surface area contributed by atoms with Crippen molar-refractivity contribution in [2.45, 2.75) is 37.4 Å². The first-order valence-corrected chi connectivity index (χ1v) is 4.56. The first-order valence-electron chi connectivity index (χ1n) is 3.81. The fourth-order valence-corrected chi connectivity index (χ4v) is 2.89. The van der Waals surface area contributed by atoms with Crippen LogP contribution in [0.15, 0.2) is 0 Å². The van der Waals surface area contributed by atoms with Gasteiger partial charge in [0.1, 0.15) is 10.1 Å². The van der Waals surface area contributed by atoms with Gasteiger partial charge >= 0.3 is 0 Å². The summed E-state index contributed by atoms with van der Waals surface area (Å²) in [4.78, 5) is 11.3. The Balaban J connectivity index is 2.56. The lowest BCUT2D eigenvalue weighted by Crippen LogP contribution is -2.47. The van der Waals surface area contributed by atoms with Crippen LogP contribution in [0, 0.1) is 5.41 Å². The Hall–Kier alpha value is 0.250. The van der Waals surface area contributed by atoms with Gasteiger partial charge in [0.15, 0.2) is 0 Å². The summed E-state index contributed by atoms with van der Waals surface area (Å²) in [5.41, 5.74) is -0.238. The van der Waals surface area contributed by atoms with E-state index >= 15 is 0 Å². The Bertz CT molecular complexity index is 179. The van der Waals surface area contributed by atoms with E-state index in [1.807, 2.05) is 13.8 Å². The Morgan fingerprint density at radius 1 is 1.45 bits per heavy atom. The molecule has 0 bridgehead atoms. The molecular formula is C8H12Cl2O. The quantitative estimate of drug-likeness (QED) is 0.619. The van der Waals surface area contributed by atoms with E-state index in [9.17, 15) is 4.79 Å². The van der Waals surface area contributed by atoms with Crippen LogP contribution in [0.25, 0.3) is 0 Å². The van der Waals surface area contributed by atoms with Gasteiger partial charge in [0.05, 0.1) is 0 Å². The van der Waals surface area contributed by atoms with Gasteiger partial charge in [-0.2, -0.15) is 0 Å². The van der Waals surface area contributed by atoms with Gasteiger partial charge in [-0.1, -0.05) is 13.8 Å². The zero-order valence-corrected chi connectivity index (χ0v) is 8.30. The number of ketones is 1. The highest BCUT2D eigenvalue weighted by Gasteiger charge is 2.53. The van der Waals surface area contributed by atoms with Gasteiger partial charge in [0, 0.05) is 11.8 Å². The van der Waals surface area contributed by atoms with Crippen molar-refractivity contribution in [3.63, 3.8) is 0 Å². The molecule has 64 valence electrons. The maximum atomic E-state index is 11.3. The minimum Gasteiger partial charge on any atom is -0.299 e. The maximum absolute atomic E-state index is 11.3. The fourth-order valence-electron chi connectivity index (χ4n) is 1.71. The summed E-state index contributed by atoms with van der Waals surface area (Å²) in [7, 11) is 0. The molecule has 1 aliphatic rings. The number of hydrogen-bond acceptors (Lipinski definition) is 1. The Morgan fingerprint density at radius 2 is 1.91 bits per heavy atom. The summed E-state index contributed by atoms with van der Waals surface area (Å²) < 4.78 is -0.639. The van der Waals surface area contributed by atoms with E-state index < -0.39 is 4.33 Å². The molecule has 0 saturated heterocycles. The third-order valence-electron chi connectivity index (χ3n) is 2.29. The fraction of sp³-hybridized carbons (Fsp3) is 0.875. The van der Waals surface area contributed by atoms with Gasteiger partial charge in [0.2, 0.25) is 0 Å². The molecule has 0 spiro atoms. The van der Waals surface area contributed by atoms with E-state index in [1.165, 1.54) is 0 Å². The molecule has 1 saturated carbocycles. The lowest BCUT2D eigenvalue weighted by atomic mass is 9.66.